The summed E-state index contributed by atoms with van der Waals surface area (Å²) in [6.45, 7) is 0.965. The van der Waals surface area contributed by atoms with Gasteiger partial charge in [-0.15, -0.1) is 0 Å². The van der Waals surface area contributed by atoms with Crippen molar-refractivity contribution in [1.82, 2.24) is 4.90 Å². The van der Waals surface area contributed by atoms with E-state index in [1.807, 2.05) is 42.5 Å². The number of nitrogens with zero attached hydrogens (tertiary/aromatic N) is 1. The molecule has 1 aliphatic heterocycles. The van der Waals surface area contributed by atoms with E-state index >= 15 is 0 Å². The number of halogens is 1. The van der Waals surface area contributed by atoms with Gasteiger partial charge < -0.3 is 15.0 Å². The Morgan fingerprint density at radius 2 is 2.04 bits per heavy atom. The topological polar surface area (TPSA) is 58.6 Å². The van der Waals surface area contributed by atoms with Crippen LogP contribution in [-0.4, -0.2) is 30.4 Å². The van der Waals surface area contributed by atoms with Crippen molar-refractivity contribution in [2.75, 3.05) is 19.0 Å². The summed E-state index contributed by atoms with van der Waals surface area (Å²) in [6, 6.07) is 13.2. The molecular formula is C21H23ClN2O3. The minimum Gasteiger partial charge on any atom is -0.494 e. The number of anilines is 1. The summed E-state index contributed by atoms with van der Waals surface area (Å²) < 4.78 is 5.76. The molecule has 5 nitrogen and oxygen atoms in total. The van der Waals surface area contributed by atoms with Crippen molar-refractivity contribution in [3.05, 3.63) is 58.6 Å². The van der Waals surface area contributed by atoms with Gasteiger partial charge in [0.1, 0.15) is 5.75 Å². The highest BCUT2D eigenvalue weighted by molar-refractivity contribution is 6.31. The lowest BCUT2D eigenvalue weighted by molar-refractivity contribution is -0.130. The van der Waals surface area contributed by atoms with Gasteiger partial charge in [-0.2, -0.15) is 0 Å². The molecule has 0 fully saturated rings. The SMILES string of the molecule is CN(Cc1ccccc1Cl)C(=O)CCCOc1ccc2c(c1)CCC(=O)N2. The minimum absolute atomic E-state index is 0.0515. The van der Waals surface area contributed by atoms with Gasteiger partial charge in [0.25, 0.3) is 0 Å². The molecule has 0 saturated heterocycles. The Morgan fingerprint density at radius 3 is 2.85 bits per heavy atom. The third-order valence-electron chi connectivity index (χ3n) is 4.57. The molecule has 1 aliphatic rings. The lowest BCUT2D eigenvalue weighted by Gasteiger charge is -2.19. The lowest BCUT2D eigenvalue weighted by atomic mass is 10.0. The molecule has 0 radical (unpaired) electrons. The molecule has 0 saturated carbocycles. The fraction of sp³-hybridized carbons (Fsp3) is 0.333. The summed E-state index contributed by atoms with van der Waals surface area (Å²) in [6.07, 6.45) is 2.29. The Bertz CT molecular complexity index is 838. The normalized spacial score (nSPS) is 12.9. The molecule has 0 aliphatic carbocycles. The van der Waals surface area contributed by atoms with E-state index in [2.05, 4.69) is 5.32 Å². The van der Waals surface area contributed by atoms with Crippen LogP contribution in [0, 0.1) is 0 Å². The molecule has 1 heterocycles. The van der Waals surface area contributed by atoms with Crippen molar-refractivity contribution in [2.24, 2.45) is 0 Å². The van der Waals surface area contributed by atoms with Gasteiger partial charge in [-0.25, -0.2) is 0 Å². The molecule has 27 heavy (non-hydrogen) atoms. The molecule has 0 aromatic heterocycles. The van der Waals surface area contributed by atoms with Crippen LogP contribution in [0.3, 0.4) is 0 Å². The van der Waals surface area contributed by atoms with Crippen molar-refractivity contribution < 1.29 is 14.3 Å². The first-order chi connectivity index (χ1) is 13.0. The minimum atomic E-state index is 0.0515. The molecule has 2 aromatic rings. The molecule has 142 valence electrons. The predicted octanol–water partition coefficient (Wildman–Crippen LogP) is 4.04. The van der Waals surface area contributed by atoms with E-state index in [9.17, 15) is 9.59 Å². The Hall–Kier alpha value is -2.53. The fourth-order valence-corrected chi connectivity index (χ4v) is 3.22. The summed E-state index contributed by atoms with van der Waals surface area (Å²) in [4.78, 5) is 25.4. The summed E-state index contributed by atoms with van der Waals surface area (Å²) in [5.74, 6) is 0.879. The molecule has 2 aromatic carbocycles. The molecule has 6 heteroatoms. The van der Waals surface area contributed by atoms with Gasteiger partial charge in [0.2, 0.25) is 11.8 Å². The zero-order chi connectivity index (χ0) is 19.2. The zero-order valence-electron chi connectivity index (χ0n) is 15.3. The molecule has 3 rings (SSSR count). The predicted molar refractivity (Wildman–Crippen MR) is 106 cm³/mol. The number of aryl methyl sites for hydroxylation is 1. The van der Waals surface area contributed by atoms with E-state index in [0.29, 0.717) is 37.4 Å². The van der Waals surface area contributed by atoms with Crippen LogP contribution in [0.25, 0.3) is 0 Å². The van der Waals surface area contributed by atoms with Crippen molar-refractivity contribution in [3.8, 4) is 5.75 Å². The summed E-state index contributed by atoms with van der Waals surface area (Å²) >= 11 is 6.14. The Kier molecular flexibility index (Phi) is 6.35. The van der Waals surface area contributed by atoms with Gasteiger partial charge >= 0.3 is 0 Å². The summed E-state index contributed by atoms with van der Waals surface area (Å²) in [5, 5.41) is 3.52. The third kappa shape index (κ3) is 5.23. The van der Waals surface area contributed by atoms with Crippen molar-refractivity contribution in [1.29, 1.82) is 0 Å². The second-order valence-electron chi connectivity index (χ2n) is 6.66. The number of hydrogen-bond donors (Lipinski definition) is 1. The van der Waals surface area contributed by atoms with E-state index in [-0.39, 0.29) is 11.8 Å². The van der Waals surface area contributed by atoms with Gasteiger partial charge in [-0.1, -0.05) is 29.8 Å². The van der Waals surface area contributed by atoms with E-state index < -0.39 is 0 Å². The molecule has 2 amide bonds. The van der Waals surface area contributed by atoms with Gasteiger partial charge in [0.05, 0.1) is 6.61 Å². The highest BCUT2D eigenvalue weighted by atomic mass is 35.5. The quantitative estimate of drug-likeness (QED) is 0.730. The Labute approximate surface area is 164 Å². The van der Waals surface area contributed by atoms with Crippen LogP contribution >= 0.6 is 11.6 Å². The monoisotopic (exact) mass is 386 g/mol. The number of fused-ring (bicyclic) bond motifs is 1. The average molecular weight is 387 g/mol. The maximum absolute atomic E-state index is 12.3. The van der Waals surface area contributed by atoms with Gasteiger partial charge in [-0.3, -0.25) is 9.59 Å². The Balaban J connectivity index is 1.42. The lowest BCUT2D eigenvalue weighted by Crippen LogP contribution is -2.26. The first kappa shape index (κ1) is 19.2. The fourth-order valence-electron chi connectivity index (χ4n) is 3.02. The standard InChI is InChI=1S/C21H23ClN2O3/c1-24(14-16-5-2-3-6-18(16)22)21(26)7-4-12-27-17-9-10-19-15(13-17)8-11-20(25)23-19/h2-3,5-6,9-10,13H,4,7-8,11-12,14H2,1H3,(H,23,25). The molecule has 0 unspecified atom stereocenters. The van der Waals surface area contributed by atoms with E-state index in [4.69, 9.17) is 16.3 Å². The van der Waals surface area contributed by atoms with Crippen LogP contribution in [-0.2, 0) is 22.6 Å². The number of carbonyl (C=O) groups excluding carboxylic acids is 2. The average Bonchev–Trinajstić information content (AvgIpc) is 2.66. The molecule has 0 spiro atoms. The first-order valence-electron chi connectivity index (χ1n) is 9.06. The molecule has 0 bridgehead atoms. The number of carbonyl (C=O) groups is 2. The zero-order valence-corrected chi connectivity index (χ0v) is 16.1. The van der Waals surface area contributed by atoms with Crippen LogP contribution in [0.4, 0.5) is 5.69 Å². The Morgan fingerprint density at radius 1 is 1.22 bits per heavy atom. The number of amides is 2. The van der Waals surface area contributed by atoms with E-state index in [0.717, 1.165) is 29.0 Å². The van der Waals surface area contributed by atoms with E-state index in [1.165, 1.54) is 0 Å². The largest absolute Gasteiger partial charge is 0.494 e. The number of nitrogens with one attached hydrogen (secondary N) is 1. The van der Waals surface area contributed by atoms with Crippen molar-refractivity contribution in [2.45, 2.75) is 32.2 Å². The van der Waals surface area contributed by atoms with Gasteiger partial charge in [0.15, 0.2) is 0 Å². The van der Waals surface area contributed by atoms with E-state index in [1.54, 1.807) is 11.9 Å². The van der Waals surface area contributed by atoms with Crippen LogP contribution in [0.1, 0.15) is 30.4 Å². The number of hydrogen-bond acceptors (Lipinski definition) is 3. The maximum Gasteiger partial charge on any atom is 0.224 e. The second kappa shape index (κ2) is 8.91. The smallest absolute Gasteiger partial charge is 0.224 e. The van der Waals surface area contributed by atoms with Crippen LogP contribution in [0.2, 0.25) is 5.02 Å². The summed E-state index contributed by atoms with van der Waals surface area (Å²) in [5.41, 5.74) is 2.88. The van der Waals surface area contributed by atoms with Crippen LogP contribution < -0.4 is 10.1 Å². The third-order valence-corrected chi connectivity index (χ3v) is 4.94. The highest BCUT2D eigenvalue weighted by Crippen LogP contribution is 2.27. The van der Waals surface area contributed by atoms with Crippen LogP contribution in [0.5, 0.6) is 5.75 Å². The van der Waals surface area contributed by atoms with Gasteiger partial charge in [0, 0.05) is 37.1 Å². The summed E-state index contributed by atoms with van der Waals surface area (Å²) in [7, 11) is 1.78. The number of benzene rings is 2. The molecular weight excluding hydrogens is 364 g/mol. The number of rotatable bonds is 7. The van der Waals surface area contributed by atoms with Gasteiger partial charge in [-0.05, 0) is 48.2 Å². The second-order valence-corrected chi connectivity index (χ2v) is 7.07. The van der Waals surface area contributed by atoms with Crippen molar-refractivity contribution in [3.63, 3.8) is 0 Å². The molecule has 0 atom stereocenters. The maximum atomic E-state index is 12.3. The first-order valence-corrected chi connectivity index (χ1v) is 9.43. The highest BCUT2D eigenvalue weighted by Gasteiger charge is 2.15. The number of ether oxygens (including phenoxy) is 1. The van der Waals surface area contributed by atoms with Crippen molar-refractivity contribution >= 4 is 29.1 Å². The van der Waals surface area contributed by atoms with Crippen LogP contribution in [0.15, 0.2) is 42.5 Å². The molecule has 1 N–H and O–H groups in total.